The molecular formula is C12H18ClNS. The van der Waals surface area contributed by atoms with Crippen molar-refractivity contribution in [2.75, 3.05) is 5.75 Å². The molecule has 0 aliphatic carbocycles. The van der Waals surface area contributed by atoms with E-state index in [-0.39, 0.29) is 0 Å². The van der Waals surface area contributed by atoms with Crippen molar-refractivity contribution in [3.05, 3.63) is 29.3 Å². The van der Waals surface area contributed by atoms with Gasteiger partial charge in [-0.3, -0.25) is 0 Å². The first-order valence-electron chi connectivity index (χ1n) is 5.37. The van der Waals surface area contributed by atoms with E-state index in [1.54, 1.807) is 0 Å². The summed E-state index contributed by atoms with van der Waals surface area (Å²) in [5, 5.41) is 0.849. The lowest BCUT2D eigenvalue weighted by Crippen LogP contribution is -2.18. The minimum Gasteiger partial charge on any atom is -0.328 e. The van der Waals surface area contributed by atoms with E-state index in [1.807, 2.05) is 30.0 Å². The standard InChI is InChI=1S/C12H18ClNS/c1-2-10(14)6-5-9-15-12-8-4-3-7-11(12)13/h3-4,7-8,10H,2,5-6,9,14H2,1H3. The Labute approximate surface area is 101 Å². The molecule has 1 aromatic carbocycles. The Morgan fingerprint density at radius 3 is 2.80 bits per heavy atom. The van der Waals surface area contributed by atoms with Crippen molar-refractivity contribution in [3.63, 3.8) is 0 Å². The highest BCUT2D eigenvalue weighted by atomic mass is 35.5. The molecule has 0 aromatic heterocycles. The van der Waals surface area contributed by atoms with Gasteiger partial charge in [0.25, 0.3) is 0 Å². The summed E-state index contributed by atoms with van der Waals surface area (Å²) in [5.74, 6) is 1.09. The van der Waals surface area contributed by atoms with Crippen LogP contribution in [0.2, 0.25) is 5.02 Å². The molecule has 1 atom stereocenters. The number of hydrogen-bond acceptors (Lipinski definition) is 2. The van der Waals surface area contributed by atoms with E-state index in [0.29, 0.717) is 6.04 Å². The Morgan fingerprint density at radius 2 is 2.13 bits per heavy atom. The fraction of sp³-hybridized carbons (Fsp3) is 0.500. The summed E-state index contributed by atoms with van der Waals surface area (Å²) >= 11 is 7.86. The maximum atomic E-state index is 6.05. The molecule has 1 nitrogen and oxygen atoms in total. The topological polar surface area (TPSA) is 26.0 Å². The van der Waals surface area contributed by atoms with Crippen molar-refractivity contribution in [1.82, 2.24) is 0 Å². The summed E-state index contributed by atoms with van der Waals surface area (Å²) in [6.45, 7) is 2.13. The monoisotopic (exact) mass is 243 g/mol. The zero-order valence-electron chi connectivity index (χ0n) is 9.08. The Morgan fingerprint density at radius 1 is 1.40 bits per heavy atom. The number of halogens is 1. The van der Waals surface area contributed by atoms with Gasteiger partial charge < -0.3 is 5.73 Å². The van der Waals surface area contributed by atoms with E-state index in [0.717, 1.165) is 30.0 Å². The summed E-state index contributed by atoms with van der Waals surface area (Å²) in [6, 6.07) is 8.33. The number of rotatable bonds is 6. The summed E-state index contributed by atoms with van der Waals surface area (Å²) in [4.78, 5) is 1.17. The summed E-state index contributed by atoms with van der Waals surface area (Å²) in [7, 11) is 0. The van der Waals surface area contributed by atoms with E-state index >= 15 is 0 Å². The van der Waals surface area contributed by atoms with E-state index in [2.05, 4.69) is 13.0 Å². The van der Waals surface area contributed by atoms with Crippen LogP contribution in [0.1, 0.15) is 26.2 Å². The van der Waals surface area contributed by atoms with Gasteiger partial charge in [0.05, 0.1) is 5.02 Å². The smallest absolute Gasteiger partial charge is 0.0541 e. The minimum absolute atomic E-state index is 0.358. The van der Waals surface area contributed by atoms with Gasteiger partial charge in [-0.2, -0.15) is 0 Å². The zero-order valence-corrected chi connectivity index (χ0v) is 10.7. The Bertz CT molecular complexity index is 291. The van der Waals surface area contributed by atoms with E-state index < -0.39 is 0 Å². The number of benzene rings is 1. The summed E-state index contributed by atoms with van der Waals surface area (Å²) in [6.07, 6.45) is 3.33. The van der Waals surface area contributed by atoms with E-state index in [9.17, 15) is 0 Å². The van der Waals surface area contributed by atoms with Gasteiger partial charge in [-0.25, -0.2) is 0 Å². The van der Waals surface area contributed by atoms with Crippen molar-refractivity contribution in [3.8, 4) is 0 Å². The Kier molecular flexibility index (Phi) is 6.15. The molecule has 84 valence electrons. The van der Waals surface area contributed by atoms with E-state index in [1.165, 1.54) is 4.90 Å². The van der Waals surface area contributed by atoms with Crippen molar-refractivity contribution < 1.29 is 0 Å². The molecule has 3 heteroatoms. The molecule has 0 radical (unpaired) electrons. The first-order valence-corrected chi connectivity index (χ1v) is 6.73. The van der Waals surface area contributed by atoms with Crippen LogP contribution in [-0.2, 0) is 0 Å². The molecule has 1 unspecified atom stereocenters. The predicted molar refractivity (Wildman–Crippen MR) is 69.7 cm³/mol. The minimum atomic E-state index is 0.358. The number of nitrogens with two attached hydrogens (primary N) is 1. The lowest BCUT2D eigenvalue weighted by molar-refractivity contribution is 0.589. The van der Waals surface area contributed by atoms with Crippen LogP contribution in [-0.4, -0.2) is 11.8 Å². The molecule has 15 heavy (non-hydrogen) atoms. The van der Waals surface area contributed by atoms with Gasteiger partial charge >= 0.3 is 0 Å². The van der Waals surface area contributed by atoms with Gasteiger partial charge in [0.15, 0.2) is 0 Å². The van der Waals surface area contributed by atoms with Gasteiger partial charge in [-0.15, -0.1) is 11.8 Å². The van der Waals surface area contributed by atoms with Gasteiger partial charge in [0.1, 0.15) is 0 Å². The maximum Gasteiger partial charge on any atom is 0.0541 e. The van der Waals surface area contributed by atoms with Crippen LogP contribution in [0.4, 0.5) is 0 Å². The average Bonchev–Trinajstić information content (AvgIpc) is 2.26. The second-order valence-corrected chi connectivity index (χ2v) is 5.13. The van der Waals surface area contributed by atoms with Crippen molar-refractivity contribution in [1.29, 1.82) is 0 Å². The van der Waals surface area contributed by atoms with Crippen LogP contribution >= 0.6 is 23.4 Å². The van der Waals surface area contributed by atoms with Crippen LogP contribution in [0.3, 0.4) is 0 Å². The molecule has 0 saturated heterocycles. The molecule has 0 spiro atoms. The van der Waals surface area contributed by atoms with Gasteiger partial charge in [-0.05, 0) is 37.1 Å². The largest absolute Gasteiger partial charge is 0.328 e. The Hall–Kier alpha value is -0.180. The van der Waals surface area contributed by atoms with Crippen molar-refractivity contribution in [2.24, 2.45) is 5.73 Å². The maximum absolute atomic E-state index is 6.05. The fourth-order valence-corrected chi connectivity index (χ4v) is 2.50. The molecule has 0 aliphatic heterocycles. The fourth-order valence-electron chi connectivity index (χ4n) is 1.29. The quantitative estimate of drug-likeness (QED) is 0.605. The molecule has 1 aromatic rings. The second-order valence-electron chi connectivity index (χ2n) is 3.59. The Balaban J connectivity index is 2.23. The molecule has 0 fully saturated rings. The molecule has 1 rings (SSSR count). The first-order chi connectivity index (χ1) is 7.24. The van der Waals surface area contributed by atoms with Gasteiger partial charge in [0.2, 0.25) is 0 Å². The van der Waals surface area contributed by atoms with Crippen molar-refractivity contribution >= 4 is 23.4 Å². The van der Waals surface area contributed by atoms with Gasteiger partial charge in [-0.1, -0.05) is 30.7 Å². The van der Waals surface area contributed by atoms with Crippen molar-refractivity contribution in [2.45, 2.75) is 37.1 Å². The molecule has 0 aliphatic rings. The van der Waals surface area contributed by atoms with Crippen LogP contribution in [0.5, 0.6) is 0 Å². The lowest BCUT2D eigenvalue weighted by Gasteiger charge is -2.08. The molecule has 0 amide bonds. The third-order valence-electron chi connectivity index (χ3n) is 2.34. The average molecular weight is 244 g/mol. The molecule has 0 bridgehead atoms. The SMILES string of the molecule is CCC(N)CCCSc1ccccc1Cl. The van der Waals surface area contributed by atoms with E-state index in [4.69, 9.17) is 17.3 Å². The highest BCUT2D eigenvalue weighted by Crippen LogP contribution is 2.27. The molecule has 0 saturated carbocycles. The van der Waals surface area contributed by atoms with Crippen LogP contribution in [0.25, 0.3) is 0 Å². The third-order valence-corrected chi connectivity index (χ3v) is 3.94. The highest BCUT2D eigenvalue weighted by Gasteiger charge is 2.01. The zero-order chi connectivity index (χ0) is 11.1. The summed E-state index contributed by atoms with van der Waals surface area (Å²) in [5.41, 5.74) is 5.85. The molecule has 2 N–H and O–H groups in total. The number of hydrogen-bond donors (Lipinski definition) is 1. The highest BCUT2D eigenvalue weighted by molar-refractivity contribution is 7.99. The van der Waals surface area contributed by atoms with Crippen LogP contribution in [0.15, 0.2) is 29.2 Å². The number of thioether (sulfide) groups is 1. The van der Waals surface area contributed by atoms with Crippen LogP contribution < -0.4 is 5.73 Å². The molecule has 0 heterocycles. The summed E-state index contributed by atoms with van der Waals surface area (Å²) < 4.78 is 0. The first kappa shape index (κ1) is 12.9. The normalized spacial score (nSPS) is 12.7. The molecular weight excluding hydrogens is 226 g/mol. The lowest BCUT2D eigenvalue weighted by atomic mass is 10.1. The third kappa shape index (κ3) is 4.92. The van der Waals surface area contributed by atoms with Crippen LogP contribution in [0, 0.1) is 0 Å². The predicted octanol–water partition coefficient (Wildman–Crippen LogP) is 3.95. The second kappa shape index (κ2) is 7.15. The van der Waals surface area contributed by atoms with Gasteiger partial charge in [0, 0.05) is 10.9 Å².